The minimum Gasteiger partial charge on any atom is -0.413 e. The molecule has 22 heteroatoms. The van der Waals surface area contributed by atoms with E-state index in [0.29, 0.717) is 13.8 Å². The molecule has 0 radical (unpaired) electrons. The monoisotopic (exact) mass is 612 g/mol. The van der Waals surface area contributed by atoms with Gasteiger partial charge >= 0.3 is 59.7 Å². The van der Waals surface area contributed by atoms with Gasteiger partial charge < -0.3 is 9.84 Å². The summed E-state index contributed by atoms with van der Waals surface area (Å²) in [4.78, 5) is 11.7. The predicted octanol–water partition coefficient (Wildman–Crippen LogP) is 6.85. The second-order valence-corrected chi connectivity index (χ2v) is 7.30. The van der Waals surface area contributed by atoms with Crippen LogP contribution in [-0.2, 0) is 9.53 Å². The van der Waals surface area contributed by atoms with Gasteiger partial charge in [0.15, 0.2) is 0 Å². The summed E-state index contributed by atoms with van der Waals surface area (Å²) in [7, 11) is 0. The first-order valence-electron chi connectivity index (χ1n) is 8.92. The number of hydrogen-bond donors (Lipinski definition) is 1. The van der Waals surface area contributed by atoms with Crippen LogP contribution in [-0.4, -0.2) is 70.9 Å². The molecule has 3 nitrogen and oxygen atoms in total. The second kappa shape index (κ2) is 9.79. The molecule has 1 N–H and O–H groups in total. The molecule has 0 saturated heterocycles. The fraction of sp³-hybridized carbons (Fsp3) is 0.812. The fourth-order valence-corrected chi connectivity index (χ4v) is 2.47. The lowest BCUT2D eigenvalue weighted by molar-refractivity contribution is -0.486. The molecular weight excluding hydrogens is 601 g/mol. The van der Waals surface area contributed by atoms with E-state index >= 15 is 0 Å². The molecule has 0 aliphatic rings. The molecule has 38 heavy (non-hydrogen) atoms. The topological polar surface area (TPSA) is 46.5 Å². The lowest BCUT2D eigenvalue weighted by Crippen LogP contribution is -2.79. The number of carbonyl (C=O) groups is 1. The van der Waals surface area contributed by atoms with E-state index in [9.17, 15) is 88.2 Å². The van der Waals surface area contributed by atoms with Gasteiger partial charge in [-0.3, -0.25) is 0 Å². The van der Waals surface area contributed by atoms with Crippen LogP contribution in [0.4, 0.5) is 83.4 Å². The van der Waals surface area contributed by atoms with E-state index in [1.54, 1.807) is 0 Å². The Bertz CT molecular complexity index is 881. The zero-order valence-electron chi connectivity index (χ0n) is 17.8. The van der Waals surface area contributed by atoms with Gasteiger partial charge in [-0.05, 0) is 13.8 Å². The van der Waals surface area contributed by atoms with Gasteiger partial charge in [-0.15, -0.1) is 0 Å². The minimum absolute atomic E-state index is 0.159. The number of halogens is 19. The zero-order chi connectivity index (χ0) is 31.4. The Kier molecular flexibility index (Phi) is 9.23. The van der Waals surface area contributed by atoms with Crippen molar-refractivity contribution in [2.75, 3.05) is 0 Å². The molecule has 0 aromatic heterocycles. The predicted molar refractivity (Wildman–Crippen MR) is 81.8 cm³/mol. The Hall–Kier alpha value is -2.16. The quantitative estimate of drug-likeness (QED) is 0.176. The Labute approximate surface area is 197 Å². The summed E-state index contributed by atoms with van der Waals surface area (Å²) < 4.78 is 255. The molecule has 0 bridgehead atoms. The minimum atomic E-state index is -9.12. The molecule has 0 saturated carbocycles. The third-order valence-electron chi connectivity index (χ3n) is 4.53. The summed E-state index contributed by atoms with van der Waals surface area (Å²) in [5.74, 6) is -47.0. The van der Waals surface area contributed by atoms with E-state index in [-0.39, 0.29) is 6.08 Å². The highest BCUT2D eigenvalue weighted by Crippen LogP contribution is 2.66. The number of aliphatic hydroxyl groups is 1. The first-order chi connectivity index (χ1) is 16.3. The number of alkyl halides is 19. The molecule has 0 fully saturated rings. The van der Waals surface area contributed by atoms with Crippen molar-refractivity contribution in [3.63, 3.8) is 0 Å². The van der Waals surface area contributed by atoms with Crippen LogP contribution in [0.2, 0.25) is 0 Å². The highest BCUT2D eigenvalue weighted by atomic mass is 19.4. The van der Waals surface area contributed by atoms with Crippen molar-refractivity contribution in [1.82, 2.24) is 0 Å². The number of carbonyl (C=O) groups excluding carboxylic acids is 1. The maximum absolute atomic E-state index is 14.7. The molecule has 0 aromatic rings. The number of hydrogen-bond acceptors (Lipinski definition) is 3. The van der Waals surface area contributed by atoms with E-state index in [4.69, 9.17) is 5.11 Å². The number of allylic oxidation sites excluding steroid dienone is 1. The van der Waals surface area contributed by atoms with Gasteiger partial charge in [-0.1, -0.05) is 6.08 Å². The molecule has 226 valence electrons. The Morgan fingerprint density at radius 3 is 1.29 bits per heavy atom. The van der Waals surface area contributed by atoms with Crippen molar-refractivity contribution in [1.29, 1.82) is 0 Å². The summed E-state index contributed by atoms with van der Waals surface area (Å²) in [5.41, 5.74) is -10.4. The molecule has 0 heterocycles. The zero-order valence-corrected chi connectivity index (χ0v) is 17.8. The molecule has 0 amide bonds. The van der Waals surface area contributed by atoms with Crippen LogP contribution in [0.1, 0.15) is 20.3 Å². The molecule has 2 atom stereocenters. The van der Waals surface area contributed by atoms with E-state index in [0.717, 1.165) is 0 Å². The highest BCUT2D eigenvalue weighted by Gasteiger charge is 2.99. The SMILES string of the molecule is CC=C(CC(C)O)C(=O)OC(F)(C(F)(F)C(F)(F)F)C(F)(F)C(F)(F)C(F)(F)C(F)(C(F)(F)F)C(F)(F)F. The Balaban J connectivity index is 7.58. The number of rotatable bonds is 9. The van der Waals surface area contributed by atoms with Crippen molar-refractivity contribution in [3.8, 4) is 0 Å². The molecular formula is C16H11F19O3. The van der Waals surface area contributed by atoms with Crippen LogP contribution in [0, 0.1) is 0 Å². The van der Waals surface area contributed by atoms with Crippen LogP contribution >= 0.6 is 0 Å². The fourth-order valence-electron chi connectivity index (χ4n) is 2.47. The van der Waals surface area contributed by atoms with Gasteiger partial charge in [0.2, 0.25) is 0 Å². The van der Waals surface area contributed by atoms with Gasteiger partial charge in [0, 0.05) is 12.0 Å². The van der Waals surface area contributed by atoms with E-state index in [1.807, 2.05) is 0 Å². The third kappa shape index (κ3) is 5.07. The highest BCUT2D eigenvalue weighted by molar-refractivity contribution is 5.88. The lowest BCUT2D eigenvalue weighted by Gasteiger charge is -2.46. The summed E-state index contributed by atoms with van der Waals surface area (Å²) in [5, 5.41) is 9.04. The molecule has 2 unspecified atom stereocenters. The molecule has 0 spiro atoms. The van der Waals surface area contributed by atoms with Gasteiger partial charge in [-0.2, -0.15) is 79.0 Å². The van der Waals surface area contributed by atoms with Crippen LogP contribution in [0.15, 0.2) is 11.6 Å². The molecule has 0 aromatic carbocycles. The second-order valence-electron chi connectivity index (χ2n) is 7.30. The summed E-state index contributed by atoms with van der Waals surface area (Å²) in [6.45, 7) is 1.23. The van der Waals surface area contributed by atoms with Crippen molar-refractivity contribution < 1.29 is 98.1 Å². The Morgan fingerprint density at radius 1 is 0.658 bits per heavy atom. The van der Waals surface area contributed by atoms with Crippen LogP contribution in [0.5, 0.6) is 0 Å². The van der Waals surface area contributed by atoms with Crippen molar-refractivity contribution in [2.24, 2.45) is 0 Å². The van der Waals surface area contributed by atoms with Gasteiger partial charge in [0.1, 0.15) is 0 Å². The normalized spacial score (nSPS) is 18.2. The van der Waals surface area contributed by atoms with Crippen molar-refractivity contribution in [2.45, 2.75) is 80.1 Å². The van der Waals surface area contributed by atoms with Crippen LogP contribution in [0.3, 0.4) is 0 Å². The number of ether oxygens (including phenoxy) is 1. The van der Waals surface area contributed by atoms with E-state index in [2.05, 4.69) is 4.74 Å². The standard InChI is InChI=1S/C16H11F19O3/c1-3-6(4-5(2)36)7(37)38-13(26,12(24,25)16(33,34)35)11(22,23)10(20,21)9(18,19)8(17,14(27,28)29)15(30,31)32/h3,5,36H,4H2,1-2H3. The maximum atomic E-state index is 14.7. The first kappa shape index (κ1) is 35.8. The molecule has 0 aliphatic carbocycles. The van der Waals surface area contributed by atoms with Crippen molar-refractivity contribution >= 4 is 5.97 Å². The van der Waals surface area contributed by atoms with Crippen molar-refractivity contribution in [3.05, 3.63) is 11.6 Å². The smallest absolute Gasteiger partial charge is 0.413 e. The third-order valence-corrected chi connectivity index (χ3v) is 4.53. The average Bonchev–Trinajstić information content (AvgIpc) is 2.67. The van der Waals surface area contributed by atoms with Crippen LogP contribution < -0.4 is 0 Å². The van der Waals surface area contributed by atoms with Crippen LogP contribution in [0.25, 0.3) is 0 Å². The summed E-state index contributed by atoms with van der Waals surface area (Å²) in [6.07, 6.45) is -27.8. The number of aliphatic hydroxyl groups excluding tert-OH is 1. The van der Waals surface area contributed by atoms with Gasteiger partial charge in [-0.25, -0.2) is 9.18 Å². The van der Waals surface area contributed by atoms with E-state index < -0.39 is 77.8 Å². The maximum Gasteiger partial charge on any atom is 0.461 e. The first-order valence-corrected chi connectivity index (χ1v) is 8.92. The average molecular weight is 612 g/mol. The number of esters is 1. The van der Waals surface area contributed by atoms with Gasteiger partial charge in [0.05, 0.1) is 6.10 Å². The molecule has 0 aliphatic heterocycles. The van der Waals surface area contributed by atoms with Gasteiger partial charge in [0.25, 0.3) is 0 Å². The summed E-state index contributed by atoms with van der Waals surface area (Å²) >= 11 is 0. The Morgan fingerprint density at radius 2 is 1.03 bits per heavy atom. The van der Waals surface area contributed by atoms with E-state index in [1.165, 1.54) is 0 Å². The molecule has 0 rings (SSSR count). The summed E-state index contributed by atoms with van der Waals surface area (Å²) in [6, 6.07) is 0. The largest absolute Gasteiger partial charge is 0.461 e. The lowest BCUT2D eigenvalue weighted by atomic mass is 9.84.